The number of carbonyl (C=O) groups is 2. The van der Waals surface area contributed by atoms with Crippen molar-refractivity contribution >= 4 is 22.8 Å². The fraction of sp³-hybridized carbons (Fsp3) is 0.524. The molecule has 7 nitrogen and oxygen atoms in total. The van der Waals surface area contributed by atoms with Gasteiger partial charge in [0.2, 0.25) is 0 Å². The van der Waals surface area contributed by atoms with Crippen molar-refractivity contribution in [3.05, 3.63) is 40.4 Å². The van der Waals surface area contributed by atoms with Gasteiger partial charge in [-0.05, 0) is 30.9 Å². The molecule has 1 aliphatic carbocycles. The van der Waals surface area contributed by atoms with Crippen molar-refractivity contribution < 1.29 is 14.3 Å². The van der Waals surface area contributed by atoms with Gasteiger partial charge in [-0.25, -0.2) is 4.98 Å². The maximum atomic E-state index is 12.4. The SMILES string of the molecule is CC1CCCCC1NC(=O)COC(=O)CCc1nc2ccccc2c(=O)n1C. The molecule has 7 heteroatoms. The van der Waals surface area contributed by atoms with Crippen LogP contribution in [-0.4, -0.2) is 34.1 Å². The zero-order chi connectivity index (χ0) is 20.1. The summed E-state index contributed by atoms with van der Waals surface area (Å²) in [6.07, 6.45) is 4.74. The van der Waals surface area contributed by atoms with Gasteiger partial charge in [-0.3, -0.25) is 19.0 Å². The summed E-state index contributed by atoms with van der Waals surface area (Å²) in [5.41, 5.74) is 0.463. The largest absolute Gasteiger partial charge is 0.456 e. The van der Waals surface area contributed by atoms with E-state index in [9.17, 15) is 14.4 Å². The van der Waals surface area contributed by atoms with Crippen LogP contribution in [0.3, 0.4) is 0 Å². The Labute approximate surface area is 164 Å². The van der Waals surface area contributed by atoms with Crippen molar-refractivity contribution in [2.45, 2.75) is 51.5 Å². The highest BCUT2D eigenvalue weighted by Crippen LogP contribution is 2.23. The molecule has 0 bridgehead atoms. The van der Waals surface area contributed by atoms with E-state index in [1.807, 2.05) is 6.07 Å². The van der Waals surface area contributed by atoms with Crippen molar-refractivity contribution in [3.63, 3.8) is 0 Å². The van der Waals surface area contributed by atoms with Crippen LogP contribution in [-0.2, 0) is 27.8 Å². The standard InChI is InChI=1S/C21H27N3O4/c1-14-7-3-5-9-16(14)23-19(25)13-28-20(26)12-11-18-22-17-10-6-4-8-15(17)21(27)24(18)2/h4,6,8,10,14,16H,3,5,7,9,11-13H2,1-2H3,(H,23,25). The zero-order valence-electron chi connectivity index (χ0n) is 16.4. The molecule has 150 valence electrons. The molecule has 1 N–H and O–H groups in total. The minimum atomic E-state index is -0.478. The molecule has 28 heavy (non-hydrogen) atoms. The van der Waals surface area contributed by atoms with Crippen molar-refractivity contribution in [2.24, 2.45) is 13.0 Å². The van der Waals surface area contributed by atoms with Crippen LogP contribution >= 0.6 is 0 Å². The van der Waals surface area contributed by atoms with E-state index < -0.39 is 5.97 Å². The van der Waals surface area contributed by atoms with Gasteiger partial charge in [0.1, 0.15) is 5.82 Å². The number of fused-ring (bicyclic) bond motifs is 1. The molecule has 0 radical (unpaired) electrons. The first-order chi connectivity index (χ1) is 13.5. The van der Waals surface area contributed by atoms with E-state index in [4.69, 9.17) is 4.74 Å². The number of rotatable bonds is 6. The quantitative estimate of drug-likeness (QED) is 0.769. The van der Waals surface area contributed by atoms with Gasteiger partial charge in [0.05, 0.1) is 17.3 Å². The molecule has 1 fully saturated rings. The van der Waals surface area contributed by atoms with Crippen LogP contribution in [0.1, 0.15) is 44.9 Å². The summed E-state index contributed by atoms with van der Waals surface area (Å²) in [5.74, 6) is 0.229. The van der Waals surface area contributed by atoms with Crippen LogP contribution in [0.15, 0.2) is 29.1 Å². The number of para-hydroxylation sites is 1. The number of nitrogens with one attached hydrogen (secondary N) is 1. The second-order valence-electron chi connectivity index (χ2n) is 7.51. The zero-order valence-corrected chi connectivity index (χ0v) is 16.4. The van der Waals surface area contributed by atoms with Crippen molar-refractivity contribution in [3.8, 4) is 0 Å². The predicted octanol–water partition coefficient (Wildman–Crippen LogP) is 2.10. The van der Waals surface area contributed by atoms with Crippen molar-refractivity contribution in [1.82, 2.24) is 14.9 Å². The Balaban J connectivity index is 1.50. The van der Waals surface area contributed by atoms with Crippen molar-refractivity contribution in [1.29, 1.82) is 0 Å². The molecule has 1 aromatic carbocycles. The summed E-state index contributed by atoms with van der Waals surface area (Å²) < 4.78 is 6.54. The average molecular weight is 385 g/mol. The van der Waals surface area contributed by atoms with Crippen LogP contribution in [0.2, 0.25) is 0 Å². The number of hydrogen-bond donors (Lipinski definition) is 1. The molecule has 2 unspecified atom stereocenters. The molecule has 1 heterocycles. The number of amides is 1. The summed E-state index contributed by atoms with van der Waals surface area (Å²) in [6.45, 7) is 1.86. The van der Waals surface area contributed by atoms with Crippen LogP contribution in [0.5, 0.6) is 0 Å². The van der Waals surface area contributed by atoms with Crippen LogP contribution in [0.4, 0.5) is 0 Å². The van der Waals surface area contributed by atoms with Gasteiger partial charge in [-0.2, -0.15) is 0 Å². The molecule has 1 aromatic heterocycles. The predicted molar refractivity (Wildman–Crippen MR) is 106 cm³/mol. The number of carbonyl (C=O) groups excluding carboxylic acids is 2. The average Bonchev–Trinajstić information content (AvgIpc) is 2.70. The van der Waals surface area contributed by atoms with Gasteiger partial charge in [-0.1, -0.05) is 31.9 Å². The second-order valence-corrected chi connectivity index (χ2v) is 7.51. The van der Waals surface area contributed by atoms with E-state index in [-0.39, 0.29) is 37.0 Å². The van der Waals surface area contributed by atoms with E-state index >= 15 is 0 Å². The summed E-state index contributed by atoms with van der Waals surface area (Å²) in [5, 5.41) is 3.51. The fourth-order valence-corrected chi connectivity index (χ4v) is 3.70. The Hall–Kier alpha value is -2.70. The Kier molecular flexibility index (Phi) is 6.44. The normalized spacial score (nSPS) is 19.4. The molecule has 1 amide bonds. The topological polar surface area (TPSA) is 90.3 Å². The molecule has 2 aromatic rings. The summed E-state index contributed by atoms with van der Waals surface area (Å²) in [6, 6.07) is 7.28. The third kappa shape index (κ3) is 4.77. The molecular weight excluding hydrogens is 358 g/mol. The first kappa shape index (κ1) is 20.0. The van der Waals surface area contributed by atoms with E-state index in [1.165, 1.54) is 11.0 Å². The van der Waals surface area contributed by atoms with Crippen LogP contribution in [0, 0.1) is 5.92 Å². The molecule has 1 aliphatic rings. The lowest BCUT2D eigenvalue weighted by Crippen LogP contribution is -2.42. The van der Waals surface area contributed by atoms with E-state index in [0.717, 1.165) is 19.3 Å². The highest BCUT2D eigenvalue weighted by atomic mass is 16.5. The molecule has 2 atom stereocenters. The van der Waals surface area contributed by atoms with Crippen molar-refractivity contribution in [2.75, 3.05) is 6.61 Å². The second kappa shape index (κ2) is 8.99. The molecule has 3 rings (SSSR count). The highest BCUT2D eigenvalue weighted by molar-refractivity contribution is 5.81. The Bertz CT molecular complexity index is 921. The number of benzene rings is 1. The maximum Gasteiger partial charge on any atom is 0.306 e. The lowest BCUT2D eigenvalue weighted by atomic mass is 9.86. The number of nitrogens with zero attached hydrogens (tertiary/aromatic N) is 2. The number of esters is 1. The molecule has 1 saturated carbocycles. The maximum absolute atomic E-state index is 12.4. The first-order valence-corrected chi connectivity index (χ1v) is 9.85. The van der Waals surface area contributed by atoms with Crippen LogP contribution in [0.25, 0.3) is 10.9 Å². The smallest absolute Gasteiger partial charge is 0.306 e. The molecule has 0 aliphatic heterocycles. The van der Waals surface area contributed by atoms with Gasteiger partial charge in [0.25, 0.3) is 11.5 Å². The highest BCUT2D eigenvalue weighted by Gasteiger charge is 2.23. The number of hydrogen-bond acceptors (Lipinski definition) is 5. The Morgan fingerprint density at radius 1 is 1.25 bits per heavy atom. The molecular formula is C21H27N3O4. The van der Waals surface area contributed by atoms with Gasteiger partial charge >= 0.3 is 5.97 Å². The lowest BCUT2D eigenvalue weighted by molar-refractivity contribution is -0.148. The third-order valence-corrected chi connectivity index (χ3v) is 5.45. The monoisotopic (exact) mass is 385 g/mol. The summed E-state index contributed by atoms with van der Waals surface area (Å²) >= 11 is 0. The molecule has 0 saturated heterocycles. The fourth-order valence-electron chi connectivity index (χ4n) is 3.70. The Morgan fingerprint density at radius 2 is 2.00 bits per heavy atom. The van der Waals surface area contributed by atoms with Gasteiger partial charge in [-0.15, -0.1) is 0 Å². The lowest BCUT2D eigenvalue weighted by Gasteiger charge is -2.29. The summed E-state index contributed by atoms with van der Waals surface area (Å²) in [7, 11) is 1.64. The first-order valence-electron chi connectivity index (χ1n) is 9.85. The van der Waals surface area contributed by atoms with Gasteiger partial charge < -0.3 is 10.1 Å². The van der Waals surface area contributed by atoms with E-state index in [1.54, 1.807) is 25.2 Å². The number of aryl methyl sites for hydroxylation is 1. The van der Waals surface area contributed by atoms with Gasteiger partial charge in [0, 0.05) is 19.5 Å². The van der Waals surface area contributed by atoms with Crippen LogP contribution < -0.4 is 10.9 Å². The van der Waals surface area contributed by atoms with E-state index in [0.29, 0.717) is 22.6 Å². The van der Waals surface area contributed by atoms with Gasteiger partial charge in [0.15, 0.2) is 6.61 Å². The minimum absolute atomic E-state index is 0.0612. The Morgan fingerprint density at radius 3 is 2.79 bits per heavy atom. The minimum Gasteiger partial charge on any atom is -0.456 e. The molecule has 0 spiro atoms. The summed E-state index contributed by atoms with van der Waals surface area (Å²) in [4.78, 5) is 40.9. The van der Waals surface area contributed by atoms with E-state index in [2.05, 4.69) is 17.2 Å². The third-order valence-electron chi connectivity index (χ3n) is 5.45. The number of ether oxygens (including phenoxy) is 1. The number of aromatic nitrogens is 2.